The van der Waals surface area contributed by atoms with E-state index in [-0.39, 0.29) is 11.3 Å². The SMILES string of the molecule is CC(C)(C)OC(=O)Nc1ccc(C(N)=O)c([N+](=O)[O-])c1. The van der Waals surface area contributed by atoms with E-state index in [2.05, 4.69) is 5.32 Å². The maximum Gasteiger partial charge on any atom is 0.412 e. The molecule has 0 atom stereocenters. The van der Waals surface area contributed by atoms with Crippen molar-refractivity contribution in [2.24, 2.45) is 5.73 Å². The predicted octanol–water partition coefficient (Wildman–Crippen LogP) is 2.04. The number of nitro groups is 1. The lowest BCUT2D eigenvalue weighted by Gasteiger charge is -2.19. The van der Waals surface area contributed by atoms with Crippen LogP contribution in [0.2, 0.25) is 0 Å². The Morgan fingerprint density at radius 3 is 2.40 bits per heavy atom. The van der Waals surface area contributed by atoms with Crippen LogP contribution in [0.4, 0.5) is 16.2 Å². The highest BCUT2D eigenvalue weighted by Gasteiger charge is 2.21. The minimum atomic E-state index is -0.916. The van der Waals surface area contributed by atoms with Crippen LogP contribution >= 0.6 is 0 Å². The van der Waals surface area contributed by atoms with Gasteiger partial charge in [-0.3, -0.25) is 20.2 Å². The predicted molar refractivity (Wildman–Crippen MR) is 71.5 cm³/mol. The molecule has 8 heteroatoms. The van der Waals surface area contributed by atoms with Crippen molar-refractivity contribution in [2.75, 3.05) is 5.32 Å². The van der Waals surface area contributed by atoms with E-state index >= 15 is 0 Å². The molecular weight excluding hydrogens is 266 g/mol. The highest BCUT2D eigenvalue weighted by Crippen LogP contribution is 2.23. The minimum absolute atomic E-state index is 0.135. The topological polar surface area (TPSA) is 125 Å². The average molecular weight is 281 g/mol. The molecule has 0 aliphatic heterocycles. The molecule has 0 heterocycles. The number of nitro benzene ring substituents is 1. The lowest BCUT2D eigenvalue weighted by Crippen LogP contribution is -2.27. The summed E-state index contributed by atoms with van der Waals surface area (Å²) >= 11 is 0. The molecule has 1 aromatic rings. The summed E-state index contributed by atoms with van der Waals surface area (Å²) in [5.41, 5.74) is 3.76. The van der Waals surface area contributed by atoms with Gasteiger partial charge in [0.2, 0.25) is 0 Å². The van der Waals surface area contributed by atoms with Crippen molar-refractivity contribution in [3.63, 3.8) is 0 Å². The minimum Gasteiger partial charge on any atom is -0.444 e. The van der Waals surface area contributed by atoms with Gasteiger partial charge < -0.3 is 10.5 Å². The van der Waals surface area contributed by atoms with Crippen LogP contribution in [-0.2, 0) is 4.74 Å². The molecule has 2 amide bonds. The summed E-state index contributed by atoms with van der Waals surface area (Å²) in [7, 11) is 0. The molecule has 0 fully saturated rings. The zero-order valence-corrected chi connectivity index (χ0v) is 11.3. The van der Waals surface area contributed by atoms with E-state index in [9.17, 15) is 19.7 Å². The maximum atomic E-state index is 11.5. The van der Waals surface area contributed by atoms with Crippen molar-refractivity contribution in [1.29, 1.82) is 0 Å². The highest BCUT2D eigenvalue weighted by atomic mass is 16.6. The van der Waals surface area contributed by atoms with Crippen molar-refractivity contribution in [3.05, 3.63) is 33.9 Å². The summed E-state index contributed by atoms with van der Waals surface area (Å²) in [6.07, 6.45) is -0.751. The van der Waals surface area contributed by atoms with Gasteiger partial charge in [-0.15, -0.1) is 0 Å². The molecule has 0 spiro atoms. The first kappa shape index (κ1) is 15.4. The number of nitrogens with two attached hydrogens (primary N) is 1. The smallest absolute Gasteiger partial charge is 0.412 e. The monoisotopic (exact) mass is 281 g/mol. The van der Waals surface area contributed by atoms with Crippen LogP contribution in [0.3, 0.4) is 0 Å². The van der Waals surface area contributed by atoms with E-state index in [4.69, 9.17) is 10.5 Å². The Kier molecular flexibility index (Phi) is 4.28. The van der Waals surface area contributed by atoms with E-state index in [0.29, 0.717) is 0 Å². The molecule has 1 aromatic carbocycles. The molecule has 0 aliphatic carbocycles. The molecular formula is C12H15N3O5. The number of carbonyl (C=O) groups is 2. The Bertz CT molecular complexity index is 563. The number of benzene rings is 1. The number of amides is 2. The van der Waals surface area contributed by atoms with Gasteiger partial charge in [0.05, 0.1) is 10.6 Å². The lowest BCUT2D eigenvalue weighted by atomic mass is 10.1. The molecule has 1 rings (SSSR count). The number of ether oxygens (including phenoxy) is 1. The van der Waals surface area contributed by atoms with Crippen molar-refractivity contribution in [2.45, 2.75) is 26.4 Å². The van der Waals surface area contributed by atoms with Crippen LogP contribution < -0.4 is 11.1 Å². The molecule has 0 bridgehead atoms. The fourth-order valence-electron chi connectivity index (χ4n) is 1.39. The Balaban J connectivity index is 2.99. The number of hydrogen-bond acceptors (Lipinski definition) is 5. The second-order valence-corrected chi connectivity index (χ2v) is 4.98. The van der Waals surface area contributed by atoms with E-state index in [0.717, 1.165) is 6.07 Å². The van der Waals surface area contributed by atoms with Crippen LogP contribution in [0.15, 0.2) is 18.2 Å². The van der Waals surface area contributed by atoms with Gasteiger partial charge in [-0.05, 0) is 32.9 Å². The fraction of sp³-hybridized carbons (Fsp3) is 0.333. The quantitative estimate of drug-likeness (QED) is 0.647. The first-order valence-electron chi connectivity index (χ1n) is 5.68. The van der Waals surface area contributed by atoms with E-state index < -0.39 is 28.2 Å². The summed E-state index contributed by atoms with van der Waals surface area (Å²) in [5, 5.41) is 13.2. The molecule has 0 unspecified atom stereocenters. The normalized spacial score (nSPS) is 10.8. The second-order valence-electron chi connectivity index (χ2n) is 4.98. The first-order chi connectivity index (χ1) is 9.10. The van der Waals surface area contributed by atoms with Crippen molar-refractivity contribution >= 4 is 23.4 Å². The van der Waals surface area contributed by atoms with Gasteiger partial charge in [0.1, 0.15) is 11.2 Å². The first-order valence-corrected chi connectivity index (χ1v) is 5.68. The number of primary amides is 1. The molecule has 0 radical (unpaired) electrons. The number of carbonyl (C=O) groups excluding carboxylic acids is 2. The molecule has 0 saturated carbocycles. The third-order valence-electron chi connectivity index (χ3n) is 2.11. The number of anilines is 1. The van der Waals surface area contributed by atoms with Gasteiger partial charge in [-0.2, -0.15) is 0 Å². The number of nitrogens with zero attached hydrogens (tertiary/aromatic N) is 1. The molecule has 20 heavy (non-hydrogen) atoms. The zero-order chi connectivity index (χ0) is 15.5. The molecule has 0 saturated heterocycles. The Hall–Kier alpha value is -2.64. The third-order valence-corrected chi connectivity index (χ3v) is 2.11. The largest absolute Gasteiger partial charge is 0.444 e. The summed E-state index contributed by atoms with van der Waals surface area (Å²) in [6, 6.07) is 3.55. The fourth-order valence-corrected chi connectivity index (χ4v) is 1.39. The molecule has 3 N–H and O–H groups in total. The third kappa shape index (κ3) is 4.23. The summed E-state index contributed by atoms with van der Waals surface area (Å²) in [4.78, 5) is 32.7. The number of hydrogen-bond donors (Lipinski definition) is 2. The summed E-state index contributed by atoms with van der Waals surface area (Å²) in [6.45, 7) is 5.06. The molecule has 108 valence electrons. The van der Waals surface area contributed by atoms with Crippen molar-refractivity contribution in [1.82, 2.24) is 0 Å². The van der Waals surface area contributed by atoms with Gasteiger partial charge in [0.15, 0.2) is 0 Å². The van der Waals surface area contributed by atoms with E-state index in [1.807, 2.05) is 0 Å². The van der Waals surface area contributed by atoms with Crippen LogP contribution in [0.25, 0.3) is 0 Å². The molecule has 0 aromatic heterocycles. The van der Waals surface area contributed by atoms with Crippen LogP contribution in [0.5, 0.6) is 0 Å². The number of nitrogens with one attached hydrogen (secondary N) is 1. The summed E-state index contributed by atoms with van der Waals surface area (Å²) in [5.74, 6) is -0.916. The van der Waals surface area contributed by atoms with Gasteiger partial charge in [0.25, 0.3) is 11.6 Å². The van der Waals surface area contributed by atoms with E-state index in [1.54, 1.807) is 20.8 Å². The Morgan fingerprint density at radius 1 is 1.35 bits per heavy atom. The van der Waals surface area contributed by atoms with E-state index in [1.165, 1.54) is 12.1 Å². The second kappa shape index (κ2) is 5.55. The number of rotatable bonds is 3. The molecule has 8 nitrogen and oxygen atoms in total. The van der Waals surface area contributed by atoms with Crippen LogP contribution in [0.1, 0.15) is 31.1 Å². The maximum absolute atomic E-state index is 11.5. The van der Waals surface area contributed by atoms with Crippen LogP contribution in [0, 0.1) is 10.1 Å². The highest BCUT2D eigenvalue weighted by molar-refractivity contribution is 5.98. The standard InChI is InChI=1S/C12H15N3O5/c1-12(2,3)20-11(17)14-7-4-5-8(10(13)16)9(6-7)15(18)19/h4-6H,1-3H3,(H2,13,16)(H,14,17). The van der Waals surface area contributed by atoms with Gasteiger partial charge in [-0.25, -0.2) is 4.79 Å². The average Bonchev–Trinajstić information content (AvgIpc) is 2.25. The summed E-state index contributed by atoms with van der Waals surface area (Å²) < 4.78 is 5.01. The van der Waals surface area contributed by atoms with Gasteiger partial charge in [-0.1, -0.05) is 0 Å². The van der Waals surface area contributed by atoms with Crippen molar-refractivity contribution in [3.8, 4) is 0 Å². The Morgan fingerprint density at radius 2 is 1.95 bits per heavy atom. The van der Waals surface area contributed by atoms with Gasteiger partial charge in [0, 0.05) is 6.07 Å². The molecule has 0 aliphatic rings. The lowest BCUT2D eigenvalue weighted by molar-refractivity contribution is -0.385. The Labute approximate surface area is 115 Å². The van der Waals surface area contributed by atoms with Gasteiger partial charge >= 0.3 is 6.09 Å². The zero-order valence-electron chi connectivity index (χ0n) is 11.3. The van der Waals surface area contributed by atoms with Crippen molar-refractivity contribution < 1.29 is 19.2 Å². The van der Waals surface area contributed by atoms with Crippen LogP contribution in [-0.4, -0.2) is 22.5 Å².